The molecule has 0 radical (unpaired) electrons. The number of hydrogen-bond donors (Lipinski definition) is 0. The number of hydrogen-bond acceptors (Lipinski definition) is 4. The number of rotatable bonds is 4. The van der Waals surface area contributed by atoms with Gasteiger partial charge >= 0.3 is 0 Å². The van der Waals surface area contributed by atoms with E-state index < -0.39 is 0 Å². The first-order valence-electron chi connectivity index (χ1n) is 10.8. The van der Waals surface area contributed by atoms with Gasteiger partial charge in [0.1, 0.15) is 11.5 Å². The average molecular weight is 426 g/mol. The Balaban J connectivity index is 1.27. The number of halogens is 1. The summed E-state index contributed by atoms with van der Waals surface area (Å²) in [4.78, 5) is 41.8. The number of carbonyl (C=O) groups is 3. The lowest BCUT2D eigenvalue weighted by Gasteiger charge is -2.37. The first kappa shape index (κ1) is 21.2. The molecule has 31 heavy (non-hydrogen) atoms. The predicted octanol–water partition coefficient (Wildman–Crippen LogP) is 2.53. The van der Waals surface area contributed by atoms with Crippen LogP contribution < -0.4 is 0 Å². The van der Waals surface area contributed by atoms with Gasteiger partial charge in [-0.1, -0.05) is 0 Å². The van der Waals surface area contributed by atoms with Gasteiger partial charge in [-0.3, -0.25) is 19.1 Å². The third kappa shape index (κ3) is 4.52. The maximum atomic E-state index is 13.1. The molecular formula is C23H27FN4O3. The van der Waals surface area contributed by atoms with E-state index in [1.807, 2.05) is 4.90 Å². The van der Waals surface area contributed by atoms with E-state index in [0.717, 1.165) is 0 Å². The maximum absolute atomic E-state index is 13.1. The molecule has 0 spiro atoms. The lowest BCUT2D eigenvalue weighted by Crippen LogP contribution is -2.47. The van der Waals surface area contributed by atoms with Gasteiger partial charge in [-0.2, -0.15) is 5.10 Å². The third-order valence-corrected chi connectivity index (χ3v) is 6.47. The summed E-state index contributed by atoms with van der Waals surface area (Å²) in [7, 11) is 1.76. The zero-order chi connectivity index (χ0) is 22.0. The summed E-state index contributed by atoms with van der Waals surface area (Å²) in [5.41, 5.74) is 1.08. The Labute approximate surface area is 180 Å². The van der Waals surface area contributed by atoms with E-state index in [1.165, 1.54) is 24.3 Å². The molecule has 2 aliphatic heterocycles. The van der Waals surface area contributed by atoms with Gasteiger partial charge in [-0.05, 0) is 56.0 Å². The summed E-state index contributed by atoms with van der Waals surface area (Å²) in [5.74, 6) is -0.441. The van der Waals surface area contributed by atoms with Crippen molar-refractivity contribution in [3.63, 3.8) is 0 Å². The normalized spacial score (nSPS) is 18.3. The summed E-state index contributed by atoms with van der Waals surface area (Å²) < 4.78 is 14.7. The van der Waals surface area contributed by atoms with E-state index in [9.17, 15) is 18.8 Å². The summed E-state index contributed by atoms with van der Waals surface area (Å²) in [6.07, 6.45) is 4.20. The minimum Gasteiger partial charge on any atom is -0.342 e. The summed E-state index contributed by atoms with van der Waals surface area (Å²) in [6.45, 7) is 2.20. The Morgan fingerprint density at radius 3 is 2.03 bits per heavy atom. The topological polar surface area (TPSA) is 75.5 Å². The molecule has 8 heteroatoms. The highest BCUT2D eigenvalue weighted by molar-refractivity contribution is 5.96. The fourth-order valence-corrected chi connectivity index (χ4v) is 4.55. The molecule has 1 aromatic carbocycles. The Kier molecular flexibility index (Phi) is 6.15. The number of piperidine rings is 2. The van der Waals surface area contributed by atoms with Crippen molar-refractivity contribution in [3.8, 4) is 0 Å². The predicted molar refractivity (Wildman–Crippen MR) is 112 cm³/mol. The summed E-state index contributed by atoms with van der Waals surface area (Å²) in [5, 5.41) is 4.07. The van der Waals surface area contributed by atoms with Crippen molar-refractivity contribution in [2.45, 2.75) is 25.7 Å². The van der Waals surface area contributed by atoms with Gasteiger partial charge in [-0.15, -0.1) is 0 Å². The Hall–Kier alpha value is -3.03. The lowest BCUT2D eigenvalue weighted by molar-refractivity contribution is -0.138. The van der Waals surface area contributed by atoms with Crippen LogP contribution in [-0.2, 0) is 11.8 Å². The lowest BCUT2D eigenvalue weighted by atomic mass is 9.89. The van der Waals surface area contributed by atoms with Crippen LogP contribution in [0.1, 0.15) is 46.5 Å². The number of amides is 2. The highest BCUT2D eigenvalue weighted by atomic mass is 19.1. The van der Waals surface area contributed by atoms with Gasteiger partial charge in [-0.25, -0.2) is 4.39 Å². The molecule has 2 saturated heterocycles. The van der Waals surface area contributed by atoms with Crippen LogP contribution in [0.4, 0.5) is 4.39 Å². The van der Waals surface area contributed by atoms with Crippen molar-refractivity contribution in [1.82, 2.24) is 19.6 Å². The van der Waals surface area contributed by atoms with Crippen molar-refractivity contribution >= 4 is 17.6 Å². The van der Waals surface area contributed by atoms with Gasteiger partial charge in [0, 0.05) is 56.8 Å². The Morgan fingerprint density at radius 2 is 1.45 bits per heavy atom. The van der Waals surface area contributed by atoms with E-state index in [2.05, 4.69) is 5.10 Å². The van der Waals surface area contributed by atoms with Gasteiger partial charge in [0.2, 0.25) is 5.91 Å². The first-order valence-corrected chi connectivity index (χ1v) is 10.8. The number of carbonyl (C=O) groups excluding carboxylic acids is 3. The molecule has 2 aliphatic rings. The second-order valence-corrected chi connectivity index (χ2v) is 8.38. The summed E-state index contributed by atoms with van der Waals surface area (Å²) in [6, 6.07) is 7.29. The molecule has 1 aromatic heterocycles. The molecule has 7 nitrogen and oxygen atoms in total. The van der Waals surface area contributed by atoms with E-state index in [-0.39, 0.29) is 35.3 Å². The molecule has 4 rings (SSSR count). The van der Waals surface area contributed by atoms with Gasteiger partial charge in [0.15, 0.2) is 5.78 Å². The van der Waals surface area contributed by atoms with Crippen LogP contribution in [0.5, 0.6) is 0 Å². The smallest absolute Gasteiger partial charge is 0.253 e. The molecule has 0 N–H and O–H groups in total. The van der Waals surface area contributed by atoms with Crippen molar-refractivity contribution in [2.24, 2.45) is 18.9 Å². The fraction of sp³-hybridized carbons (Fsp3) is 0.478. The van der Waals surface area contributed by atoms with Crippen LogP contribution in [0, 0.1) is 17.7 Å². The van der Waals surface area contributed by atoms with E-state index >= 15 is 0 Å². The largest absolute Gasteiger partial charge is 0.342 e. The van der Waals surface area contributed by atoms with Crippen LogP contribution in [0.15, 0.2) is 36.5 Å². The molecular weight excluding hydrogens is 399 g/mol. The van der Waals surface area contributed by atoms with Crippen LogP contribution in [0.25, 0.3) is 0 Å². The number of benzene rings is 1. The second kappa shape index (κ2) is 8.99. The van der Waals surface area contributed by atoms with Gasteiger partial charge < -0.3 is 9.80 Å². The molecule has 2 fully saturated rings. The minimum atomic E-state index is -0.369. The van der Waals surface area contributed by atoms with Crippen LogP contribution in [0.2, 0.25) is 0 Å². The SMILES string of the molecule is Cn1nccc1C(=O)C1CCN(C(=O)C2CCN(C(=O)c3ccc(F)cc3)CC2)CC1. The monoisotopic (exact) mass is 426 g/mol. The molecule has 0 atom stereocenters. The van der Waals surface area contributed by atoms with Crippen LogP contribution in [0.3, 0.4) is 0 Å². The molecule has 0 aliphatic carbocycles. The van der Waals surface area contributed by atoms with Crippen molar-refractivity contribution in [3.05, 3.63) is 53.6 Å². The Morgan fingerprint density at radius 1 is 0.871 bits per heavy atom. The highest BCUT2D eigenvalue weighted by Gasteiger charge is 2.34. The second-order valence-electron chi connectivity index (χ2n) is 8.38. The molecule has 2 amide bonds. The molecule has 3 heterocycles. The van der Waals surface area contributed by atoms with Crippen molar-refractivity contribution in [1.29, 1.82) is 0 Å². The number of Topliss-reactive ketones (excluding diaryl/α,β-unsaturated/α-hetero) is 1. The quantitative estimate of drug-likeness (QED) is 0.704. The number of ketones is 1. The van der Waals surface area contributed by atoms with Crippen molar-refractivity contribution < 1.29 is 18.8 Å². The number of nitrogens with zero attached hydrogens (tertiary/aromatic N) is 4. The fourth-order valence-electron chi connectivity index (χ4n) is 4.55. The van der Waals surface area contributed by atoms with Gasteiger partial charge in [0.05, 0.1) is 0 Å². The molecule has 164 valence electrons. The zero-order valence-corrected chi connectivity index (χ0v) is 17.7. The van der Waals surface area contributed by atoms with E-state index in [4.69, 9.17) is 0 Å². The van der Waals surface area contributed by atoms with Crippen LogP contribution >= 0.6 is 0 Å². The maximum Gasteiger partial charge on any atom is 0.253 e. The number of aromatic nitrogens is 2. The average Bonchev–Trinajstić information content (AvgIpc) is 3.24. The molecule has 0 saturated carbocycles. The van der Waals surface area contributed by atoms with Crippen LogP contribution in [-0.4, -0.2) is 63.4 Å². The van der Waals surface area contributed by atoms with E-state index in [1.54, 1.807) is 28.9 Å². The number of likely N-dealkylation sites (tertiary alicyclic amines) is 2. The summed E-state index contributed by atoms with van der Waals surface area (Å²) >= 11 is 0. The molecule has 2 aromatic rings. The van der Waals surface area contributed by atoms with E-state index in [0.29, 0.717) is 63.1 Å². The molecule has 0 unspecified atom stereocenters. The minimum absolute atomic E-state index is 0.0744. The first-order chi connectivity index (χ1) is 14.9. The number of aryl methyl sites for hydroxylation is 1. The standard InChI is InChI=1S/C23H27FN4O3/c1-26-20(6-11-25-26)21(29)16-7-12-27(13-8-16)23(31)18-9-14-28(15-10-18)22(30)17-2-4-19(24)5-3-17/h2-6,11,16,18H,7-10,12-15H2,1H3. The zero-order valence-electron chi connectivity index (χ0n) is 17.7. The molecule has 0 bridgehead atoms. The highest BCUT2D eigenvalue weighted by Crippen LogP contribution is 2.26. The third-order valence-electron chi connectivity index (χ3n) is 6.47. The van der Waals surface area contributed by atoms with Crippen molar-refractivity contribution in [2.75, 3.05) is 26.2 Å². The van der Waals surface area contributed by atoms with Gasteiger partial charge in [0.25, 0.3) is 5.91 Å². The Bertz CT molecular complexity index is 955.